The van der Waals surface area contributed by atoms with Crippen LogP contribution in [0.2, 0.25) is 10.0 Å². The molecule has 0 spiro atoms. The molecule has 0 heterocycles. The zero-order valence-corrected chi connectivity index (χ0v) is 21.5. The van der Waals surface area contributed by atoms with Crippen molar-refractivity contribution in [1.29, 1.82) is 0 Å². The number of methoxy groups -OCH3 is 1. The van der Waals surface area contributed by atoms with Crippen molar-refractivity contribution >= 4 is 41.2 Å². The number of benzene rings is 2. The van der Waals surface area contributed by atoms with Crippen LogP contribution in [0.5, 0.6) is 5.75 Å². The van der Waals surface area contributed by atoms with Gasteiger partial charge in [0.2, 0.25) is 0 Å². The van der Waals surface area contributed by atoms with Crippen LogP contribution in [0.4, 0.5) is 4.39 Å². The molecule has 0 saturated heterocycles. The molecule has 2 aromatic carbocycles. The van der Waals surface area contributed by atoms with Crippen molar-refractivity contribution in [2.45, 2.75) is 26.9 Å². The fourth-order valence-electron chi connectivity index (χ4n) is 3.13. The van der Waals surface area contributed by atoms with Gasteiger partial charge in [0.15, 0.2) is 0 Å². The Morgan fingerprint density at radius 1 is 1.22 bits per heavy atom. The highest BCUT2D eigenvalue weighted by molar-refractivity contribution is 7.70. The lowest BCUT2D eigenvalue weighted by atomic mass is 10.0. The van der Waals surface area contributed by atoms with Crippen molar-refractivity contribution in [1.82, 2.24) is 0 Å². The van der Waals surface area contributed by atoms with Gasteiger partial charge in [-0.15, -0.1) is 0 Å². The van der Waals surface area contributed by atoms with Crippen LogP contribution in [-0.4, -0.2) is 20.4 Å². The summed E-state index contributed by atoms with van der Waals surface area (Å²) in [5.41, 5.74) is 2.66. The van der Waals surface area contributed by atoms with Gasteiger partial charge < -0.3 is 14.0 Å². The Balaban J connectivity index is 2.49. The maximum Gasteiger partial charge on any atom is 0.142 e. The minimum absolute atomic E-state index is 0.0712. The summed E-state index contributed by atoms with van der Waals surface area (Å²) < 4.78 is 38.1. The summed E-state index contributed by atoms with van der Waals surface area (Å²) in [6.07, 6.45) is 3.12. The zero-order valence-electron chi connectivity index (χ0n) is 19.1. The molecule has 0 aliphatic carbocycles. The Bertz CT molecular complexity index is 1130. The molecule has 172 valence electrons. The molecule has 0 saturated carbocycles. The second-order valence-corrected chi connectivity index (χ2v) is 11.8. The van der Waals surface area contributed by atoms with Crippen molar-refractivity contribution < 1.29 is 18.4 Å². The molecule has 0 fully saturated rings. The Hall–Kier alpha value is -2.00. The normalized spacial score (nSPS) is 13.7. The molecular weight excluding hydrogens is 469 g/mol. The standard InChI is InChI=1S/C25H28Cl2FO3P/c1-8-17(19-10-9-18(32(6,7)29)14-23(19)30-5)13-22(15(2)3)31-16(4)24-20(26)11-12-21(28)25(24)27/h8-14,16H,2H2,1,3-7H3/b17-8+,22-13+. The molecule has 0 aliphatic rings. The summed E-state index contributed by atoms with van der Waals surface area (Å²) in [6, 6.07) is 8.18. The molecule has 0 amide bonds. The fourth-order valence-corrected chi connectivity index (χ4v) is 4.67. The maximum atomic E-state index is 14.0. The first-order valence-electron chi connectivity index (χ1n) is 9.98. The van der Waals surface area contributed by atoms with E-state index < -0.39 is 19.1 Å². The average Bonchev–Trinajstić information content (AvgIpc) is 2.72. The van der Waals surface area contributed by atoms with E-state index in [-0.39, 0.29) is 5.02 Å². The summed E-state index contributed by atoms with van der Waals surface area (Å²) >= 11 is 12.4. The summed E-state index contributed by atoms with van der Waals surface area (Å²) in [5.74, 6) is 0.524. The largest absolute Gasteiger partial charge is 0.496 e. The van der Waals surface area contributed by atoms with Gasteiger partial charge in [-0.1, -0.05) is 41.9 Å². The highest BCUT2D eigenvalue weighted by Gasteiger charge is 2.21. The van der Waals surface area contributed by atoms with Crippen LogP contribution in [0, 0.1) is 5.82 Å². The lowest BCUT2D eigenvalue weighted by Gasteiger charge is -2.21. The van der Waals surface area contributed by atoms with Gasteiger partial charge >= 0.3 is 0 Å². The smallest absolute Gasteiger partial charge is 0.142 e. The Morgan fingerprint density at radius 2 is 1.88 bits per heavy atom. The number of rotatable bonds is 8. The molecule has 3 nitrogen and oxygen atoms in total. The van der Waals surface area contributed by atoms with E-state index in [1.807, 2.05) is 38.1 Å². The first-order valence-corrected chi connectivity index (χ1v) is 13.3. The van der Waals surface area contributed by atoms with Crippen molar-refractivity contribution in [2.75, 3.05) is 20.4 Å². The quantitative estimate of drug-likeness (QED) is 0.160. The number of ether oxygens (including phenoxy) is 2. The van der Waals surface area contributed by atoms with E-state index in [1.165, 1.54) is 12.1 Å². The Morgan fingerprint density at radius 3 is 2.41 bits per heavy atom. The van der Waals surface area contributed by atoms with Crippen molar-refractivity contribution in [3.8, 4) is 5.75 Å². The van der Waals surface area contributed by atoms with Gasteiger partial charge in [0.1, 0.15) is 30.6 Å². The zero-order chi connectivity index (χ0) is 24.2. The van der Waals surface area contributed by atoms with Crippen LogP contribution >= 0.6 is 30.3 Å². The van der Waals surface area contributed by atoms with Crippen molar-refractivity contribution in [3.63, 3.8) is 0 Å². The summed E-state index contributed by atoms with van der Waals surface area (Å²) in [6.45, 7) is 12.9. The number of hydrogen-bond donors (Lipinski definition) is 0. The van der Waals surface area contributed by atoms with Crippen LogP contribution in [0.25, 0.3) is 5.57 Å². The van der Waals surface area contributed by atoms with Gasteiger partial charge in [-0.25, -0.2) is 4.39 Å². The monoisotopic (exact) mass is 496 g/mol. The predicted octanol–water partition coefficient (Wildman–Crippen LogP) is 8.03. The van der Waals surface area contributed by atoms with Crippen LogP contribution in [0.15, 0.2) is 60.4 Å². The molecule has 0 N–H and O–H groups in total. The predicted molar refractivity (Wildman–Crippen MR) is 135 cm³/mol. The second-order valence-electron chi connectivity index (χ2n) is 7.79. The summed E-state index contributed by atoms with van der Waals surface area (Å²) in [7, 11) is -0.864. The van der Waals surface area contributed by atoms with Crippen LogP contribution < -0.4 is 10.0 Å². The number of hydrogen-bond acceptors (Lipinski definition) is 3. The van der Waals surface area contributed by atoms with Gasteiger partial charge in [-0.3, -0.25) is 0 Å². The van der Waals surface area contributed by atoms with E-state index in [0.29, 0.717) is 27.7 Å². The second kappa shape index (κ2) is 10.7. The molecule has 1 unspecified atom stereocenters. The van der Waals surface area contributed by atoms with E-state index in [4.69, 9.17) is 32.7 Å². The average molecular weight is 497 g/mol. The first-order chi connectivity index (χ1) is 14.9. The minimum atomic E-state index is -2.44. The van der Waals surface area contributed by atoms with Gasteiger partial charge in [0, 0.05) is 21.5 Å². The number of halogens is 3. The molecule has 2 aromatic rings. The third-order valence-electron chi connectivity index (χ3n) is 4.93. The lowest BCUT2D eigenvalue weighted by Crippen LogP contribution is -2.06. The van der Waals surface area contributed by atoms with Crippen molar-refractivity contribution in [2.24, 2.45) is 0 Å². The molecule has 0 aliphatic heterocycles. The van der Waals surface area contributed by atoms with Gasteiger partial charge in [-0.2, -0.15) is 0 Å². The van der Waals surface area contributed by atoms with Crippen LogP contribution in [-0.2, 0) is 9.30 Å². The van der Waals surface area contributed by atoms with Gasteiger partial charge in [-0.05, 0) is 75.6 Å². The molecule has 1 atom stereocenters. The van der Waals surface area contributed by atoms with E-state index in [1.54, 1.807) is 33.4 Å². The first kappa shape index (κ1) is 26.3. The third-order valence-corrected chi connectivity index (χ3v) is 7.16. The van der Waals surface area contributed by atoms with E-state index in [9.17, 15) is 8.96 Å². The summed E-state index contributed by atoms with van der Waals surface area (Å²) in [5, 5.41) is 0.980. The third kappa shape index (κ3) is 6.07. The Labute approximate surface area is 199 Å². The number of allylic oxidation sites excluding steroid dienone is 4. The molecule has 2 rings (SSSR count). The van der Waals surface area contributed by atoms with Crippen molar-refractivity contribution in [3.05, 3.63) is 87.4 Å². The summed E-state index contributed by atoms with van der Waals surface area (Å²) in [4.78, 5) is 0. The lowest BCUT2D eigenvalue weighted by molar-refractivity contribution is 0.140. The fraction of sp³-hybridized carbons (Fsp3) is 0.280. The van der Waals surface area contributed by atoms with Gasteiger partial charge in [0.25, 0.3) is 0 Å². The maximum absolute atomic E-state index is 14.0. The highest BCUT2D eigenvalue weighted by Crippen LogP contribution is 2.39. The molecule has 7 heteroatoms. The topological polar surface area (TPSA) is 35.5 Å². The van der Waals surface area contributed by atoms with Crippen LogP contribution in [0.3, 0.4) is 0 Å². The molecule has 0 radical (unpaired) electrons. The molecular formula is C25H28Cl2FO3P. The SMILES string of the molecule is C=C(C)/C(=C\C(=C/C)c1ccc(P(C)(C)=O)cc1OC)OC(C)c1c(Cl)ccc(F)c1Cl. The van der Waals surface area contributed by atoms with E-state index in [2.05, 4.69) is 6.58 Å². The Kier molecular flexibility index (Phi) is 8.82. The van der Waals surface area contributed by atoms with Gasteiger partial charge in [0.05, 0.1) is 12.1 Å². The minimum Gasteiger partial charge on any atom is -0.496 e. The van der Waals surface area contributed by atoms with E-state index in [0.717, 1.165) is 16.4 Å². The van der Waals surface area contributed by atoms with Crippen LogP contribution in [0.1, 0.15) is 38.0 Å². The molecule has 0 bridgehead atoms. The molecule has 0 aromatic heterocycles. The molecule has 32 heavy (non-hydrogen) atoms. The highest BCUT2D eigenvalue weighted by atomic mass is 35.5. The van der Waals surface area contributed by atoms with E-state index >= 15 is 0 Å².